The van der Waals surface area contributed by atoms with Crippen LogP contribution in [0, 0.1) is 5.41 Å². The summed E-state index contributed by atoms with van der Waals surface area (Å²) in [6, 6.07) is 3.66. The maximum atomic E-state index is 12.8. The number of nitrogens with one attached hydrogen (secondary N) is 1. The van der Waals surface area contributed by atoms with Gasteiger partial charge >= 0.3 is 5.97 Å². The van der Waals surface area contributed by atoms with Crippen molar-refractivity contribution in [3.63, 3.8) is 0 Å². The van der Waals surface area contributed by atoms with E-state index < -0.39 is 41.1 Å². The first kappa shape index (κ1) is 23.4. The van der Waals surface area contributed by atoms with Crippen molar-refractivity contribution >= 4 is 29.6 Å². The van der Waals surface area contributed by atoms with Crippen LogP contribution in [-0.4, -0.2) is 52.3 Å². The highest BCUT2D eigenvalue weighted by Gasteiger charge is 2.44. The Hall–Kier alpha value is -3.23. The van der Waals surface area contributed by atoms with E-state index in [2.05, 4.69) is 5.32 Å². The summed E-state index contributed by atoms with van der Waals surface area (Å²) in [5.41, 5.74) is -0.312. The number of imide groups is 2. The summed E-state index contributed by atoms with van der Waals surface area (Å²) in [6.07, 6.45) is 4.20. The van der Waals surface area contributed by atoms with Crippen LogP contribution in [0.3, 0.4) is 0 Å². The summed E-state index contributed by atoms with van der Waals surface area (Å²) < 4.78 is 5.72. The zero-order chi connectivity index (χ0) is 23.5. The molecule has 172 valence electrons. The minimum absolute atomic E-state index is 0.0754. The fourth-order valence-corrected chi connectivity index (χ4v) is 3.86. The molecule has 4 amide bonds. The Labute approximate surface area is 186 Å². The number of nitrogens with zero attached hydrogens (tertiary/aromatic N) is 1. The molecule has 3 rings (SSSR count). The third kappa shape index (κ3) is 4.98. The number of carbonyl (C=O) groups is 5. The number of amides is 4. The van der Waals surface area contributed by atoms with Gasteiger partial charge < -0.3 is 9.84 Å². The first-order chi connectivity index (χ1) is 15.1. The van der Waals surface area contributed by atoms with Crippen molar-refractivity contribution < 1.29 is 33.8 Å². The molecule has 32 heavy (non-hydrogen) atoms. The van der Waals surface area contributed by atoms with Crippen LogP contribution in [0.1, 0.15) is 79.5 Å². The lowest BCUT2D eigenvalue weighted by Gasteiger charge is -2.27. The minimum atomic E-state index is -0.990. The minimum Gasteiger partial charge on any atom is -0.494 e. The van der Waals surface area contributed by atoms with E-state index in [0.717, 1.165) is 30.6 Å². The quantitative estimate of drug-likeness (QED) is 0.419. The van der Waals surface area contributed by atoms with Crippen LogP contribution < -0.4 is 10.1 Å². The van der Waals surface area contributed by atoms with Gasteiger partial charge in [-0.1, -0.05) is 19.3 Å². The Morgan fingerprint density at radius 2 is 1.78 bits per heavy atom. The van der Waals surface area contributed by atoms with E-state index in [1.54, 1.807) is 19.9 Å². The smallest absolute Gasteiger partial charge is 0.309 e. The molecule has 1 saturated heterocycles. The molecule has 9 nitrogen and oxygen atoms in total. The molecule has 1 atom stereocenters. The number of hydrogen-bond acceptors (Lipinski definition) is 6. The van der Waals surface area contributed by atoms with Crippen molar-refractivity contribution in [1.29, 1.82) is 0 Å². The molecule has 0 spiro atoms. The summed E-state index contributed by atoms with van der Waals surface area (Å²) >= 11 is 0. The molecule has 0 aromatic heterocycles. The van der Waals surface area contributed by atoms with Crippen molar-refractivity contribution in [2.75, 3.05) is 6.61 Å². The lowest BCUT2D eigenvalue weighted by molar-refractivity contribution is -0.147. The SMILES string of the molecule is CC(C)(CCCCCCOc1ccc2c(c1)C(=O)N(C1CCC(=O)NC1=O)C2=O)C(=O)O. The van der Waals surface area contributed by atoms with Crippen LogP contribution in [0.5, 0.6) is 5.75 Å². The van der Waals surface area contributed by atoms with Crippen molar-refractivity contribution in [3.8, 4) is 5.75 Å². The highest BCUT2D eigenvalue weighted by Crippen LogP contribution is 2.30. The fourth-order valence-electron chi connectivity index (χ4n) is 3.86. The Balaban J connectivity index is 1.50. The predicted octanol–water partition coefficient (Wildman–Crippen LogP) is 2.53. The Morgan fingerprint density at radius 3 is 2.47 bits per heavy atom. The third-order valence-electron chi connectivity index (χ3n) is 5.96. The van der Waals surface area contributed by atoms with Gasteiger partial charge in [0.2, 0.25) is 11.8 Å². The number of hydrogen-bond donors (Lipinski definition) is 2. The molecule has 1 aromatic rings. The van der Waals surface area contributed by atoms with Gasteiger partial charge in [0.05, 0.1) is 23.1 Å². The summed E-state index contributed by atoms with van der Waals surface area (Å²) in [4.78, 5) is 61.0. The molecule has 9 heteroatoms. The summed E-state index contributed by atoms with van der Waals surface area (Å²) in [6.45, 7) is 3.87. The van der Waals surface area contributed by atoms with E-state index in [-0.39, 0.29) is 24.0 Å². The molecule has 1 aromatic carbocycles. The maximum absolute atomic E-state index is 12.8. The molecule has 2 N–H and O–H groups in total. The van der Waals surface area contributed by atoms with Crippen LogP contribution >= 0.6 is 0 Å². The van der Waals surface area contributed by atoms with Crippen molar-refractivity contribution in [2.45, 2.75) is 64.8 Å². The van der Waals surface area contributed by atoms with Crippen LogP contribution in [0.2, 0.25) is 0 Å². The van der Waals surface area contributed by atoms with E-state index in [1.165, 1.54) is 12.1 Å². The van der Waals surface area contributed by atoms with Gasteiger partial charge in [0.25, 0.3) is 11.8 Å². The monoisotopic (exact) mass is 444 g/mol. The molecule has 2 heterocycles. The van der Waals surface area contributed by atoms with E-state index in [9.17, 15) is 24.0 Å². The number of ether oxygens (including phenoxy) is 1. The number of rotatable bonds is 10. The molecule has 0 radical (unpaired) electrons. The third-order valence-corrected chi connectivity index (χ3v) is 5.96. The van der Waals surface area contributed by atoms with Crippen molar-refractivity contribution in [1.82, 2.24) is 10.2 Å². The first-order valence-electron chi connectivity index (χ1n) is 10.8. The van der Waals surface area contributed by atoms with Gasteiger partial charge in [0.1, 0.15) is 11.8 Å². The molecule has 0 saturated carbocycles. The van der Waals surface area contributed by atoms with Gasteiger partial charge in [-0.3, -0.25) is 34.2 Å². The lowest BCUT2D eigenvalue weighted by atomic mass is 9.87. The molecular formula is C23H28N2O7. The Bertz CT molecular complexity index is 954. The lowest BCUT2D eigenvalue weighted by Crippen LogP contribution is -2.54. The largest absolute Gasteiger partial charge is 0.494 e. The van der Waals surface area contributed by atoms with Crippen LogP contribution in [0.4, 0.5) is 0 Å². The summed E-state index contributed by atoms with van der Waals surface area (Å²) in [5, 5.41) is 11.3. The molecular weight excluding hydrogens is 416 g/mol. The second-order valence-corrected chi connectivity index (χ2v) is 8.86. The van der Waals surface area contributed by atoms with Crippen LogP contribution in [0.15, 0.2) is 18.2 Å². The highest BCUT2D eigenvalue weighted by molar-refractivity contribution is 6.23. The zero-order valence-electron chi connectivity index (χ0n) is 18.3. The van der Waals surface area contributed by atoms with Gasteiger partial charge in [0.15, 0.2) is 0 Å². The molecule has 2 aliphatic rings. The van der Waals surface area contributed by atoms with E-state index in [0.29, 0.717) is 18.8 Å². The van der Waals surface area contributed by atoms with Gasteiger partial charge in [-0.2, -0.15) is 0 Å². The van der Waals surface area contributed by atoms with Crippen LogP contribution in [-0.2, 0) is 14.4 Å². The molecule has 2 aliphatic heterocycles. The Kier molecular flexibility index (Phi) is 6.96. The number of piperidine rings is 1. The van der Waals surface area contributed by atoms with Gasteiger partial charge in [-0.25, -0.2) is 0 Å². The number of aliphatic carboxylic acids is 1. The zero-order valence-corrected chi connectivity index (χ0v) is 18.3. The number of fused-ring (bicyclic) bond motifs is 1. The second kappa shape index (κ2) is 9.50. The maximum Gasteiger partial charge on any atom is 0.309 e. The highest BCUT2D eigenvalue weighted by atomic mass is 16.5. The van der Waals surface area contributed by atoms with E-state index in [4.69, 9.17) is 9.84 Å². The molecule has 0 aliphatic carbocycles. The average molecular weight is 444 g/mol. The van der Waals surface area contributed by atoms with E-state index in [1.807, 2.05) is 0 Å². The second-order valence-electron chi connectivity index (χ2n) is 8.86. The fraction of sp³-hybridized carbons (Fsp3) is 0.522. The number of unbranched alkanes of at least 4 members (excludes halogenated alkanes) is 3. The van der Waals surface area contributed by atoms with Gasteiger partial charge in [-0.15, -0.1) is 0 Å². The van der Waals surface area contributed by atoms with E-state index >= 15 is 0 Å². The van der Waals surface area contributed by atoms with Gasteiger partial charge in [0, 0.05) is 6.42 Å². The summed E-state index contributed by atoms with van der Waals surface area (Å²) in [5.74, 6) is -2.49. The normalized spacial score (nSPS) is 18.6. The standard InChI is InChI=1S/C23H28N2O7/c1-23(2,22(30)31)11-5-3-4-6-12-32-14-7-8-15-16(13-14)21(29)25(20(15)28)17-9-10-18(26)24-19(17)27/h7-8,13,17H,3-6,9-12H2,1-2H3,(H,30,31)(H,24,26,27). The summed E-state index contributed by atoms with van der Waals surface area (Å²) in [7, 11) is 0. The molecule has 1 fully saturated rings. The number of carboxylic acids is 1. The van der Waals surface area contributed by atoms with Crippen LogP contribution in [0.25, 0.3) is 0 Å². The first-order valence-corrected chi connectivity index (χ1v) is 10.8. The average Bonchev–Trinajstić information content (AvgIpc) is 2.97. The molecule has 1 unspecified atom stereocenters. The van der Waals surface area contributed by atoms with Crippen molar-refractivity contribution in [2.24, 2.45) is 5.41 Å². The Morgan fingerprint density at radius 1 is 1.09 bits per heavy atom. The topological polar surface area (TPSA) is 130 Å². The predicted molar refractivity (Wildman–Crippen MR) is 113 cm³/mol. The van der Waals surface area contributed by atoms with Gasteiger partial charge in [-0.05, 0) is 51.3 Å². The molecule has 0 bridgehead atoms. The number of carbonyl (C=O) groups excluding carboxylic acids is 4. The number of carboxylic acid groups (broad SMARTS) is 1. The van der Waals surface area contributed by atoms with Crippen molar-refractivity contribution in [3.05, 3.63) is 29.3 Å². The number of benzene rings is 1.